The van der Waals surface area contributed by atoms with E-state index in [4.69, 9.17) is 13.9 Å². The first-order valence-corrected chi connectivity index (χ1v) is 10.8. The molecule has 2 aromatic carbocycles. The third-order valence-electron chi connectivity index (χ3n) is 4.01. The number of ether oxygens (including phenoxy) is 2. The molecule has 1 N–H and O–H groups in total. The summed E-state index contributed by atoms with van der Waals surface area (Å²) in [5.41, 5.74) is 2.14. The molecule has 0 bridgehead atoms. The van der Waals surface area contributed by atoms with Gasteiger partial charge < -0.3 is 19.2 Å². The van der Waals surface area contributed by atoms with Crippen molar-refractivity contribution in [2.75, 3.05) is 19.0 Å². The minimum Gasteiger partial charge on any atom is -0.489 e. The SMILES string of the molecule is CC.CC.CCOC(=O)c1c(-c2ccc(F)cc2)oc2cc(NC)c(OC(C)C)cc12. The number of carbonyl (C=O) groups is 1. The van der Waals surface area contributed by atoms with Gasteiger partial charge in [0.25, 0.3) is 0 Å². The average molecular weight is 432 g/mol. The molecular formula is C25H34FNO4. The summed E-state index contributed by atoms with van der Waals surface area (Å²) < 4.78 is 30.4. The Morgan fingerprint density at radius 3 is 2.23 bits per heavy atom. The molecule has 1 heterocycles. The van der Waals surface area contributed by atoms with Crippen molar-refractivity contribution in [3.63, 3.8) is 0 Å². The van der Waals surface area contributed by atoms with Gasteiger partial charge in [0.15, 0.2) is 0 Å². The van der Waals surface area contributed by atoms with Gasteiger partial charge in [-0.2, -0.15) is 0 Å². The second-order valence-corrected chi connectivity index (χ2v) is 6.29. The van der Waals surface area contributed by atoms with Gasteiger partial charge >= 0.3 is 5.97 Å². The Morgan fingerprint density at radius 2 is 1.71 bits per heavy atom. The third kappa shape index (κ3) is 6.23. The minimum absolute atomic E-state index is 0.0379. The van der Waals surface area contributed by atoms with Crippen LogP contribution in [-0.4, -0.2) is 25.7 Å². The van der Waals surface area contributed by atoms with Crippen LogP contribution in [0.3, 0.4) is 0 Å². The van der Waals surface area contributed by atoms with Crippen LogP contribution in [0.25, 0.3) is 22.3 Å². The number of nitrogens with one attached hydrogen (secondary N) is 1. The Bertz CT molecular complexity index is 962. The van der Waals surface area contributed by atoms with Crippen molar-refractivity contribution in [2.24, 2.45) is 0 Å². The maximum Gasteiger partial charge on any atom is 0.342 e. The van der Waals surface area contributed by atoms with Gasteiger partial charge in [0.1, 0.15) is 28.5 Å². The highest BCUT2D eigenvalue weighted by Gasteiger charge is 2.25. The fourth-order valence-corrected chi connectivity index (χ4v) is 2.88. The lowest BCUT2D eigenvalue weighted by Gasteiger charge is -2.14. The van der Waals surface area contributed by atoms with Gasteiger partial charge in [-0.25, -0.2) is 9.18 Å². The molecule has 0 aliphatic heterocycles. The smallest absolute Gasteiger partial charge is 0.342 e. The standard InChI is InChI=1S/C21H22FNO4.2C2H6/c1-5-25-21(24)19-15-10-18(26-12(2)3)16(23-4)11-17(15)27-20(19)13-6-8-14(22)9-7-13;2*1-2/h6-12,23H,5H2,1-4H3;2*1-2H3. The van der Waals surface area contributed by atoms with Crippen LogP contribution in [-0.2, 0) is 4.74 Å². The highest BCUT2D eigenvalue weighted by molar-refractivity contribution is 6.09. The van der Waals surface area contributed by atoms with Crippen LogP contribution in [0.1, 0.15) is 58.8 Å². The molecule has 0 atom stereocenters. The molecule has 0 radical (unpaired) electrons. The van der Waals surface area contributed by atoms with Crippen molar-refractivity contribution in [1.82, 2.24) is 0 Å². The van der Waals surface area contributed by atoms with E-state index in [1.54, 1.807) is 38.2 Å². The van der Waals surface area contributed by atoms with E-state index >= 15 is 0 Å². The van der Waals surface area contributed by atoms with E-state index in [1.807, 2.05) is 41.5 Å². The van der Waals surface area contributed by atoms with Crippen LogP contribution < -0.4 is 10.1 Å². The molecule has 31 heavy (non-hydrogen) atoms. The second kappa shape index (κ2) is 12.6. The summed E-state index contributed by atoms with van der Waals surface area (Å²) in [6.45, 7) is 13.8. The van der Waals surface area contributed by atoms with E-state index in [0.29, 0.717) is 33.6 Å². The first kappa shape index (κ1) is 26.0. The summed E-state index contributed by atoms with van der Waals surface area (Å²) in [6, 6.07) is 9.33. The van der Waals surface area contributed by atoms with Crippen molar-refractivity contribution >= 4 is 22.6 Å². The molecule has 0 amide bonds. The van der Waals surface area contributed by atoms with Gasteiger partial charge in [-0.3, -0.25) is 0 Å². The van der Waals surface area contributed by atoms with Gasteiger partial charge in [0.05, 0.1) is 18.4 Å². The van der Waals surface area contributed by atoms with E-state index in [1.165, 1.54) is 12.1 Å². The van der Waals surface area contributed by atoms with E-state index in [-0.39, 0.29) is 18.5 Å². The average Bonchev–Trinajstić information content (AvgIpc) is 3.14. The number of hydrogen-bond donors (Lipinski definition) is 1. The van der Waals surface area contributed by atoms with Crippen molar-refractivity contribution in [3.8, 4) is 17.1 Å². The predicted octanol–water partition coefficient (Wildman–Crippen LogP) is 7.30. The van der Waals surface area contributed by atoms with E-state index in [9.17, 15) is 9.18 Å². The predicted molar refractivity (Wildman–Crippen MR) is 126 cm³/mol. The Hall–Kier alpha value is -3.02. The number of anilines is 1. The maximum atomic E-state index is 13.3. The fourth-order valence-electron chi connectivity index (χ4n) is 2.88. The summed E-state index contributed by atoms with van der Waals surface area (Å²) in [7, 11) is 1.78. The quantitative estimate of drug-likeness (QED) is 0.415. The normalized spacial score (nSPS) is 10.0. The van der Waals surface area contributed by atoms with Crippen LogP contribution in [0.2, 0.25) is 0 Å². The molecule has 0 spiro atoms. The zero-order valence-electron chi connectivity index (χ0n) is 19.8. The molecule has 0 aliphatic carbocycles. The van der Waals surface area contributed by atoms with Crippen LogP contribution in [0, 0.1) is 5.82 Å². The van der Waals surface area contributed by atoms with Gasteiger partial charge in [-0.05, 0) is 51.1 Å². The van der Waals surface area contributed by atoms with E-state index < -0.39 is 5.97 Å². The summed E-state index contributed by atoms with van der Waals surface area (Å²) >= 11 is 0. The van der Waals surface area contributed by atoms with Gasteiger partial charge in [-0.1, -0.05) is 27.7 Å². The topological polar surface area (TPSA) is 60.7 Å². The number of furan rings is 1. The first-order chi connectivity index (χ1) is 14.9. The number of carbonyl (C=O) groups excluding carboxylic acids is 1. The Morgan fingerprint density at radius 1 is 1.10 bits per heavy atom. The highest BCUT2D eigenvalue weighted by Crippen LogP contribution is 2.39. The van der Waals surface area contributed by atoms with Crippen molar-refractivity contribution in [3.05, 3.63) is 47.8 Å². The third-order valence-corrected chi connectivity index (χ3v) is 4.01. The summed E-state index contributed by atoms with van der Waals surface area (Å²) in [5, 5.41) is 3.66. The zero-order chi connectivity index (χ0) is 23.6. The summed E-state index contributed by atoms with van der Waals surface area (Å²) in [5.74, 6) is 0.0881. The second-order valence-electron chi connectivity index (χ2n) is 6.29. The Kier molecular flexibility index (Phi) is 10.6. The lowest BCUT2D eigenvalue weighted by molar-refractivity contribution is 0.0528. The summed E-state index contributed by atoms with van der Waals surface area (Å²) in [4.78, 5) is 12.7. The monoisotopic (exact) mass is 431 g/mol. The minimum atomic E-state index is -0.497. The van der Waals surface area contributed by atoms with Gasteiger partial charge in [0, 0.05) is 24.1 Å². The van der Waals surface area contributed by atoms with Gasteiger partial charge in [0.2, 0.25) is 0 Å². The van der Waals surface area contributed by atoms with Crippen molar-refractivity contribution in [2.45, 2.75) is 54.6 Å². The molecule has 1 aromatic heterocycles. The number of benzene rings is 2. The molecule has 5 nitrogen and oxygen atoms in total. The number of fused-ring (bicyclic) bond motifs is 1. The number of rotatable bonds is 6. The first-order valence-electron chi connectivity index (χ1n) is 10.8. The van der Waals surface area contributed by atoms with Gasteiger partial charge in [-0.15, -0.1) is 0 Å². The van der Waals surface area contributed by atoms with Crippen LogP contribution in [0.5, 0.6) is 5.75 Å². The Balaban J connectivity index is 0.00000113. The Labute approximate surface area is 184 Å². The van der Waals surface area contributed by atoms with E-state index in [2.05, 4.69) is 5.32 Å². The van der Waals surface area contributed by atoms with Crippen LogP contribution in [0.15, 0.2) is 40.8 Å². The molecule has 0 saturated carbocycles. The van der Waals surface area contributed by atoms with Crippen LogP contribution >= 0.6 is 0 Å². The molecule has 3 aromatic rings. The highest BCUT2D eigenvalue weighted by atomic mass is 19.1. The molecule has 6 heteroatoms. The molecule has 0 saturated heterocycles. The molecule has 0 unspecified atom stereocenters. The van der Waals surface area contributed by atoms with Crippen LogP contribution in [0.4, 0.5) is 10.1 Å². The lowest BCUT2D eigenvalue weighted by Crippen LogP contribution is -2.08. The number of halogens is 1. The van der Waals surface area contributed by atoms with Crippen molar-refractivity contribution in [1.29, 1.82) is 0 Å². The molecule has 170 valence electrons. The maximum absolute atomic E-state index is 13.3. The largest absolute Gasteiger partial charge is 0.489 e. The number of esters is 1. The zero-order valence-corrected chi connectivity index (χ0v) is 19.8. The lowest BCUT2D eigenvalue weighted by atomic mass is 10.0. The summed E-state index contributed by atoms with van der Waals surface area (Å²) in [6.07, 6.45) is -0.0379. The number of hydrogen-bond acceptors (Lipinski definition) is 5. The molecule has 0 aliphatic rings. The van der Waals surface area contributed by atoms with E-state index in [0.717, 1.165) is 5.69 Å². The molecule has 3 rings (SSSR count). The fraction of sp³-hybridized carbons (Fsp3) is 0.400. The van der Waals surface area contributed by atoms with Crippen molar-refractivity contribution < 1.29 is 23.1 Å². The molecular weight excluding hydrogens is 397 g/mol. The molecule has 0 fully saturated rings.